The van der Waals surface area contributed by atoms with E-state index in [2.05, 4.69) is 34.9 Å². The quantitative estimate of drug-likeness (QED) is 0.542. The van der Waals surface area contributed by atoms with E-state index >= 15 is 0 Å². The number of hydrogen-bond donors (Lipinski definition) is 1. The first-order valence-electron chi connectivity index (χ1n) is 5.63. The van der Waals surface area contributed by atoms with E-state index in [0.717, 1.165) is 12.2 Å². The van der Waals surface area contributed by atoms with E-state index in [9.17, 15) is 0 Å². The molecule has 0 radical (unpaired) electrons. The molecule has 1 heterocycles. The lowest BCUT2D eigenvalue weighted by atomic mass is 10.1. The number of halogens is 1. The summed E-state index contributed by atoms with van der Waals surface area (Å²) in [6.45, 7) is 0.815. The number of nitrogen functional groups attached to an aromatic ring is 1. The molecule has 0 saturated carbocycles. The Morgan fingerprint density at radius 3 is 2.59 bits per heavy atom. The maximum Gasteiger partial charge on any atom is 0.0493 e. The Balaban J connectivity index is 2.48. The number of hydrogen-bond acceptors (Lipinski definition) is 1. The number of benzene rings is 2. The van der Waals surface area contributed by atoms with Gasteiger partial charge in [-0.25, -0.2) is 0 Å². The van der Waals surface area contributed by atoms with Crippen LogP contribution in [-0.4, -0.2) is 10.4 Å². The molecule has 3 heteroatoms. The smallest absolute Gasteiger partial charge is 0.0493 e. The maximum absolute atomic E-state index is 5.88. The van der Waals surface area contributed by atoms with Gasteiger partial charge in [-0.15, -0.1) is 11.6 Å². The van der Waals surface area contributed by atoms with Crippen molar-refractivity contribution in [1.82, 2.24) is 4.57 Å². The molecule has 0 atom stereocenters. The van der Waals surface area contributed by atoms with Crippen molar-refractivity contribution in [3.05, 3.63) is 42.5 Å². The first-order chi connectivity index (χ1) is 8.31. The summed E-state index contributed by atoms with van der Waals surface area (Å²) in [6.07, 6.45) is 0. The lowest BCUT2D eigenvalue weighted by Gasteiger charge is -2.04. The zero-order valence-electron chi connectivity index (χ0n) is 9.36. The molecule has 86 valence electrons. The van der Waals surface area contributed by atoms with Crippen LogP contribution in [0.2, 0.25) is 0 Å². The fraction of sp³-hybridized carbons (Fsp3) is 0.143. The SMILES string of the molecule is Nc1ccc2c(c1)c1ccccc1n2CCCl. The summed E-state index contributed by atoms with van der Waals surface area (Å²) in [7, 11) is 0. The average Bonchev–Trinajstić information content (AvgIpc) is 2.65. The van der Waals surface area contributed by atoms with E-state index in [1.807, 2.05) is 12.1 Å². The first kappa shape index (κ1) is 10.5. The molecule has 3 rings (SSSR count). The largest absolute Gasteiger partial charge is 0.399 e. The molecule has 0 aliphatic heterocycles. The Hall–Kier alpha value is -1.67. The summed E-state index contributed by atoms with van der Waals surface area (Å²) in [6, 6.07) is 14.4. The second-order valence-corrected chi connectivity index (χ2v) is 4.51. The van der Waals surface area contributed by atoms with Gasteiger partial charge in [0.05, 0.1) is 0 Å². The van der Waals surface area contributed by atoms with Crippen molar-refractivity contribution in [2.45, 2.75) is 6.54 Å². The van der Waals surface area contributed by atoms with Gasteiger partial charge in [0, 0.05) is 39.9 Å². The Bertz CT molecular complexity index is 685. The minimum absolute atomic E-state index is 0.609. The van der Waals surface area contributed by atoms with Crippen LogP contribution in [0.1, 0.15) is 0 Å². The molecule has 0 saturated heterocycles. The van der Waals surface area contributed by atoms with Gasteiger partial charge in [-0.1, -0.05) is 18.2 Å². The van der Waals surface area contributed by atoms with Crippen molar-refractivity contribution >= 4 is 39.1 Å². The molecule has 2 nitrogen and oxygen atoms in total. The summed E-state index contributed by atoms with van der Waals surface area (Å²) < 4.78 is 2.25. The predicted octanol–water partition coefficient (Wildman–Crippen LogP) is 3.62. The third-order valence-corrected chi connectivity index (χ3v) is 3.27. The number of nitrogens with zero attached hydrogens (tertiary/aromatic N) is 1. The zero-order chi connectivity index (χ0) is 11.8. The standard InChI is InChI=1S/C14H13ClN2/c15-7-8-17-13-4-2-1-3-11(13)12-9-10(16)5-6-14(12)17/h1-6,9H,7-8,16H2. The zero-order valence-corrected chi connectivity index (χ0v) is 10.1. The van der Waals surface area contributed by atoms with E-state index in [1.165, 1.54) is 21.8 Å². The van der Waals surface area contributed by atoms with E-state index in [0.29, 0.717) is 5.88 Å². The van der Waals surface area contributed by atoms with Crippen LogP contribution in [0.15, 0.2) is 42.5 Å². The Morgan fingerprint density at radius 2 is 1.76 bits per heavy atom. The van der Waals surface area contributed by atoms with Crippen molar-refractivity contribution in [3.63, 3.8) is 0 Å². The maximum atomic E-state index is 5.88. The van der Waals surface area contributed by atoms with Gasteiger partial charge in [0.2, 0.25) is 0 Å². The number of rotatable bonds is 2. The van der Waals surface area contributed by atoms with E-state index in [1.54, 1.807) is 0 Å². The molecule has 0 fully saturated rings. The predicted molar refractivity (Wildman–Crippen MR) is 74.6 cm³/mol. The van der Waals surface area contributed by atoms with Crippen molar-refractivity contribution in [3.8, 4) is 0 Å². The van der Waals surface area contributed by atoms with Crippen LogP contribution in [0.5, 0.6) is 0 Å². The molecule has 3 aromatic rings. The molecule has 0 amide bonds. The van der Waals surface area contributed by atoms with Gasteiger partial charge in [-0.2, -0.15) is 0 Å². The fourth-order valence-corrected chi connectivity index (χ4v) is 2.57. The van der Waals surface area contributed by atoms with Crippen LogP contribution in [-0.2, 0) is 6.54 Å². The normalized spacial score (nSPS) is 11.4. The highest BCUT2D eigenvalue weighted by atomic mass is 35.5. The van der Waals surface area contributed by atoms with Gasteiger partial charge in [-0.05, 0) is 24.3 Å². The molecule has 0 aliphatic rings. The van der Waals surface area contributed by atoms with Crippen LogP contribution in [0, 0.1) is 0 Å². The number of aryl methyl sites for hydroxylation is 1. The van der Waals surface area contributed by atoms with Gasteiger partial charge < -0.3 is 10.3 Å². The van der Waals surface area contributed by atoms with Crippen molar-refractivity contribution < 1.29 is 0 Å². The van der Waals surface area contributed by atoms with Gasteiger partial charge in [0.15, 0.2) is 0 Å². The summed E-state index contributed by atoms with van der Waals surface area (Å²) >= 11 is 5.88. The highest BCUT2D eigenvalue weighted by Crippen LogP contribution is 2.30. The molecule has 0 bridgehead atoms. The molecule has 2 N–H and O–H groups in total. The minimum Gasteiger partial charge on any atom is -0.399 e. The third-order valence-electron chi connectivity index (χ3n) is 3.10. The lowest BCUT2D eigenvalue weighted by molar-refractivity contribution is 0.834. The van der Waals surface area contributed by atoms with Gasteiger partial charge >= 0.3 is 0 Å². The molecular formula is C14H13ClN2. The number of alkyl halides is 1. The van der Waals surface area contributed by atoms with E-state index in [4.69, 9.17) is 17.3 Å². The van der Waals surface area contributed by atoms with Crippen molar-refractivity contribution in [2.24, 2.45) is 0 Å². The number of nitrogens with two attached hydrogens (primary N) is 1. The fourth-order valence-electron chi connectivity index (χ4n) is 2.40. The number of aromatic nitrogens is 1. The van der Waals surface area contributed by atoms with Gasteiger partial charge in [0.1, 0.15) is 0 Å². The highest BCUT2D eigenvalue weighted by molar-refractivity contribution is 6.18. The summed E-state index contributed by atoms with van der Waals surface area (Å²) in [4.78, 5) is 0. The van der Waals surface area contributed by atoms with Crippen LogP contribution in [0.25, 0.3) is 21.8 Å². The highest BCUT2D eigenvalue weighted by Gasteiger charge is 2.09. The molecule has 0 unspecified atom stereocenters. The van der Waals surface area contributed by atoms with Gasteiger partial charge in [-0.3, -0.25) is 0 Å². The van der Waals surface area contributed by atoms with Crippen molar-refractivity contribution in [2.75, 3.05) is 11.6 Å². The topological polar surface area (TPSA) is 30.9 Å². The van der Waals surface area contributed by atoms with Crippen molar-refractivity contribution in [1.29, 1.82) is 0 Å². The summed E-state index contributed by atoms with van der Waals surface area (Å²) in [5.74, 6) is 0.609. The number of anilines is 1. The average molecular weight is 245 g/mol. The molecule has 2 aromatic carbocycles. The molecule has 0 spiro atoms. The van der Waals surface area contributed by atoms with E-state index < -0.39 is 0 Å². The second kappa shape index (κ2) is 3.97. The van der Waals surface area contributed by atoms with Crippen LogP contribution < -0.4 is 5.73 Å². The molecular weight excluding hydrogens is 232 g/mol. The second-order valence-electron chi connectivity index (χ2n) is 4.13. The Morgan fingerprint density at radius 1 is 1.00 bits per heavy atom. The lowest BCUT2D eigenvalue weighted by Crippen LogP contribution is -1.98. The molecule has 0 aliphatic carbocycles. The van der Waals surface area contributed by atoms with Crippen LogP contribution >= 0.6 is 11.6 Å². The summed E-state index contributed by atoms with van der Waals surface area (Å²) in [5.41, 5.74) is 9.07. The minimum atomic E-state index is 0.609. The molecule has 17 heavy (non-hydrogen) atoms. The Kier molecular flexibility index (Phi) is 2.45. The summed E-state index contributed by atoms with van der Waals surface area (Å²) in [5, 5.41) is 2.44. The monoisotopic (exact) mass is 244 g/mol. The van der Waals surface area contributed by atoms with Crippen LogP contribution in [0.4, 0.5) is 5.69 Å². The van der Waals surface area contributed by atoms with Crippen LogP contribution in [0.3, 0.4) is 0 Å². The van der Waals surface area contributed by atoms with Gasteiger partial charge in [0.25, 0.3) is 0 Å². The Labute approximate surface area is 105 Å². The number of fused-ring (bicyclic) bond motifs is 3. The molecule has 1 aromatic heterocycles. The number of para-hydroxylation sites is 1. The van der Waals surface area contributed by atoms with E-state index in [-0.39, 0.29) is 0 Å². The first-order valence-corrected chi connectivity index (χ1v) is 6.17. The third kappa shape index (κ3) is 1.56.